The monoisotopic (exact) mass is 340 g/mol. The van der Waals surface area contributed by atoms with Gasteiger partial charge in [-0.25, -0.2) is 4.39 Å². The van der Waals surface area contributed by atoms with Crippen molar-refractivity contribution in [1.82, 2.24) is 5.32 Å². The van der Waals surface area contributed by atoms with Gasteiger partial charge < -0.3 is 10.6 Å². The molecule has 2 aromatic rings. The SMILES string of the molecule is C[C@@H](NCC(=O)Nc1ccc(Cl)cc1F)c1ccccc1Cl. The van der Waals surface area contributed by atoms with Gasteiger partial charge in [0.25, 0.3) is 0 Å². The number of rotatable bonds is 5. The van der Waals surface area contributed by atoms with Crippen LogP contribution in [0.15, 0.2) is 42.5 Å². The topological polar surface area (TPSA) is 41.1 Å². The van der Waals surface area contributed by atoms with Crippen molar-refractivity contribution in [3.05, 3.63) is 63.9 Å². The number of carbonyl (C=O) groups excluding carboxylic acids is 1. The maximum atomic E-state index is 13.6. The third-order valence-corrected chi connectivity index (χ3v) is 3.73. The average Bonchev–Trinajstić information content (AvgIpc) is 2.48. The Balaban J connectivity index is 1.91. The minimum atomic E-state index is -0.569. The van der Waals surface area contributed by atoms with Gasteiger partial charge in [-0.05, 0) is 36.8 Å². The highest BCUT2D eigenvalue weighted by Crippen LogP contribution is 2.22. The Morgan fingerprint density at radius 2 is 1.95 bits per heavy atom. The second kappa shape index (κ2) is 7.58. The molecule has 2 rings (SSSR count). The Kier molecular flexibility index (Phi) is 5.77. The summed E-state index contributed by atoms with van der Waals surface area (Å²) in [6.07, 6.45) is 0. The Morgan fingerprint density at radius 1 is 1.23 bits per heavy atom. The first-order chi connectivity index (χ1) is 10.5. The van der Waals surface area contributed by atoms with Crippen LogP contribution in [-0.4, -0.2) is 12.5 Å². The lowest BCUT2D eigenvalue weighted by molar-refractivity contribution is -0.115. The second-order valence-electron chi connectivity index (χ2n) is 4.80. The quantitative estimate of drug-likeness (QED) is 0.845. The highest BCUT2D eigenvalue weighted by Gasteiger charge is 2.12. The van der Waals surface area contributed by atoms with Crippen molar-refractivity contribution >= 4 is 34.8 Å². The molecule has 0 aliphatic rings. The molecular formula is C16H15Cl2FN2O. The molecule has 116 valence electrons. The van der Waals surface area contributed by atoms with E-state index >= 15 is 0 Å². The molecule has 3 nitrogen and oxygen atoms in total. The normalized spacial score (nSPS) is 12.0. The molecule has 0 heterocycles. The van der Waals surface area contributed by atoms with Gasteiger partial charge in [0.2, 0.25) is 5.91 Å². The van der Waals surface area contributed by atoms with Crippen LogP contribution in [0.25, 0.3) is 0 Å². The number of halogens is 3. The van der Waals surface area contributed by atoms with Crippen LogP contribution in [0, 0.1) is 5.82 Å². The summed E-state index contributed by atoms with van der Waals surface area (Å²) in [6, 6.07) is 11.4. The number of anilines is 1. The highest BCUT2D eigenvalue weighted by molar-refractivity contribution is 6.31. The van der Waals surface area contributed by atoms with Gasteiger partial charge in [0.15, 0.2) is 0 Å². The van der Waals surface area contributed by atoms with E-state index in [9.17, 15) is 9.18 Å². The molecule has 0 bridgehead atoms. The maximum absolute atomic E-state index is 13.6. The predicted molar refractivity (Wildman–Crippen MR) is 87.9 cm³/mol. The molecule has 0 saturated carbocycles. The van der Waals surface area contributed by atoms with Crippen LogP contribution < -0.4 is 10.6 Å². The zero-order chi connectivity index (χ0) is 16.1. The van der Waals surface area contributed by atoms with Crippen molar-refractivity contribution in [1.29, 1.82) is 0 Å². The summed E-state index contributed by atoms with van der Waals surface area (Å²) in [4.78, 5) is 11.9. The molecule has 0 fully saturated rings. The van der Waals surface area contributed by atoms with Gasteiger partial charge in [-0.15, -0.1) is 0 Å². The number of nitrogens with one attached hydrogen (secondary N) is 2. The van der Waals surface area contributed by atoms with Crippen molar-refractivity contribution in [3.8, 4) is 0 Å². The van der Waals surface area contributed by atoms with Crippen LogP contribution in [0.4, 0.5) is 10.1 Å². The number of hydrogen-bond donors (Lipinski definition) is 2. The van der Waals surface area contributed by atoms with E-state index < -0.39 is 5.82 Å². The van der Waals surface area contributed by atoms with Crippen LogP contribution in [0.5, 0.6) is 0 Å². The maximum Gasteiger partial charge on any atom is 0.238 e. The van der Waals surface area contributed by atoms with Crippen molar-refractivity contribution in [2.24, 2.45) is 0 Å². The first kappa shape index (κ1) is 16.7. The van der Waals surface area contributed by atoms with E-state index in [0.29, 0.717) is 5.02 Å². The Bertz CT molecular complexity index is 679. The fourth-order valence-corrected chi connectivity index (χ4v) is 2.43. The molecule has 0 aliphatic carbocycles. The molecule has 0 saturated heterocycles. The summed E-state index contributed by atoms with van der Waals surface area (Å²) in [5.41, 5.74) is 0.997. The third-order valence-electron chi connectivity index (χ3n) is 3.15. The van der Waals surface area contributed by atoms with E-state index in [0.717, 1.165) is 11.6 Å². The van der Waals surface area contributed by atoms with Crippen molar-refractivity contribution in [3.63, 3.8) is 0 Å². The minimum Gasteiger partial charge on any atom is -0.322 e. The molecule has 0 aliphatic heterocycles. The van der Waals surface area contributed by atoms with Crippen LogP contribution in [0.3, 0.4) is 0 Å². The van der Waals surface area contributed by atoms with Gasteiger partial charge in [-0.2, -0.15) is 0 Å². The van der Waals surface area contributed by atoms with Crippen LogP contribution in [0.2, 0.25) is 10.0 Å². The lowest BCUT2D eigenvalue weighted by Crippen LogP contribution is -2.30. The number of hydrogen-bond acceptors (Lipinski definition) is 2. The van der Waals surface area contributed by atoms with Crippen LogP contribution in [0.1, 0.15) is 18.5 Å². The zero-order valence-corrected chi connectivity index (χ0v) is 13.4. The van der Waals surface area contributed by atoms with Crippen LogP contribution >= 0.6 is 23.2 Å². The molecule has 0 spiro atoms. The molecule has 0 aromatic heterocycles. The molecule has 0 radical (unpaired) electrons. The molecule has 22 heavy (non-hydrogen) atoms. The van der Waals surface area contributed by atoms with E-state index in [1.807, 2.05) is 25.1 Å². The number of carbonyl (C=O) groups is 1. The number of benzene rings is 2. The summed E-state index contributed by atoms with van der Waals surface area (Å²) >= 11 is 11.8. The van der Waals surface area contributed by atoms with Gasteiger partial charge in [-0.3, -0.25) is 4.79 Å². The molecule has 0 unspecified atom stereocenters. The summed E-state index contributed by atoms with van der Waals surface area (Å²) < 4.78 is 13.6. The van der Waals surface area contributed by atoms with E-state index in [4.69, 9.17) is 23.2 Å². The molecule has 2 aromatic carbocycles. The molecule has 1 amide bonds. The van der Waals surface area contributed by atoms with E-state index in [1.54, 1.807) is 6.07 Å². The highest BCUT2D eigenvalue weighted by atomic mass is 35.5. The van der Waals surface area contributed by atoms with E-state index in [-0.39, 0.29) is 29.2 Å². The molecule has 1 atom stereocenters. The zero-order valence-electron chi connectivity index (χ0n) is 11.9. The summed E-state index contributed by atoms with van der Waals surface area (Å²) in [5, 5.41) is 6.45. The minimum absolute atomic E-state index is 0.0362. The Labute approximate surface area is 138 Å². The van der Waals surface area contributed by atoms with E-state index in [1.165, 1.54) is 12.1 Å². The Hall–Kier alpha value is -1.62. The molecule has 2 N–H and O–H groups in total. The lowest BCUT2D eigenvalue weighted by atomic mass is 10.1. The average molecular weight is 341 g/mol. The first-order valence-corrected chi connectivity index (χ1v) is 7.45. The lowest BCUT2D eigenvalue weighted by Gasteiger charge is -2.15. The molecule has 6 heteroatoms. The van der Waals surface area contributed by atoms with Gasteiger partial charge in [0.1, 0.15) is 5.82 Å². The third kappa shape index (κ3) is 4.44. The predicted octanol–water partition coefficient (Wildman–Crippen LogP) is 4.42. The van der Waals surface area contributed by atoms with E-state index in [2.05, 4.69) is 10.6 Å². The van der Waals surface area contributed by atoms with Gasteiger partial charge >= 0.3 is 0 Å². The van der Waals surface area contributed by atoms with Crippen LogP contribution in [-0.2, 0) is 4.79 Å². The molecular weight excluding hydrogens is 326 g/mol. The van der Waals surface area contributed by atoms with Crippen molar-refractivity contribution in [2.75, 3.05) is 11.9 Å². The van der Waals surface area contributed by atoms with Gasteiger partial charge in [0.05, 0.1) is 12.2 Å². The fourth-order valence-electron chi connectivity index (χ4n) is 1.97. The first-order valence-electron chi connectivity index (χ1n) is 6.70. The summed E-state index contributed by atoms with van der Waals surface area (Å²) in [7, 11) is 0. The fraction of sp³-hybridized carbons (Fsp3) is 0.188. The van der Waals surface area contributed by atoms with Gasteiger partial charge in [0, 0.05) is 16.1 Å². The van der Waals surface area contributed by atoms with Crippen molar-refractivity contribution < 1.29 is 9.18 Å². The van der Waals surface area contributed by atoms with Gasteiger partial charge in [-0.1, -0.05) is 41.4 Å². The summed E-state index contributed by atoms with van der Waals surface area (Å²) in [6.45, 7) is 1.94. The second-order valence-corrected chi connectivity index (χ2v) is 5.64. The standard InChI is InChI=1S/C16H15Cl2FN2O/c1-10(12-4-2-3-5-13(12)18)20-9-16(22)21-15-7-6-11(17)8-14(15)19/h2-8,10,20H,9H2,1H3,(H,21,22)/t10-/m1/s1. The largest absolute Gasteiger partial charge is 0.322 e. The number of amides is 1. The van der Waals surface area contributed by atoms with Crippen molar-refractivity contribution in [2.45, 2.75) is 13.0 Å². The summed E-state index contributed by atoms with van der Waals surface area (Å²) in [5.74, 6) is -0.917. The smallest absolute Gasteiger partial charge is 0.238 e. The Morgan fingerprint density at radius 3 is 2.64 bits per heavy atom.